The van der Waals surface area contributed by atoms with E-state index in [1.54, 1.807) is 6.21 Å². The molecular formula is C17H20BrNO2. The minimum Gasteiger partial charge on any atom is -0.506 e. The molecule has 21 heavy (non-hydrogen) atoms. The van der Waals surface area contributed by atoms with Crippen molar-refractivity contribution in [3.8, 4) is 5.75 Å². The third kappa shape index (κ3) is 3.44. The first kappa shape index (κ1) is 16.0. The van der Waals surface area contributed by atoms with Crippen LogP contribution in [0.5, 0.6) is 5.75 Å². The highest BCUT2D eigenvalue weighted by molar-refractivity contribution is 9.10. The molecule has 0 saturated heterocycles. The number of phenolic OH excluding ortho intramolecular Hbond substituents is 1. The minimum absolute atomic E-state index is 0.0183. The molecule has 0 saturated carbocycles. The van der Waals surface area contributed by atoms with Crippen LogP contribution < -0.4 is 0 Å². The Morgan fingerprint density at radius 2 is 1.95 bits per heavy atom. The van der Waals surface area contributed by atoms with E-state index in [4.69, 9.17) is 0 Å². The summed E-state index contributed by atoms with van der Waals surface area (Å²) < 4.78 is 0.665. The molecule has 3 nitrogen and oxygen atoms in total. The van der Waals surface area contributed by atoms with E-state index in [0.29, 0.717) is 10.0 Å². The SMILES string of the molecule is CC(C)(C)[C@@H](CO)N=Cc1cc2ccccc2c(Br)c1O. The summed E-state index contributed by atoms with van der Waals surface area (Å²) in [5.74, 6) is 0.169. The first-order valence-electron chi connectivity index (χ1n) is 6.89. The summed E-state index contributed by atoms with van der Waals surface area (Å²) in [7, 11) is 0. The summed E-state index contributed by atoms with van der Waals surface area (Å²) in [6.07, 6.45) is 1.64. The fraction of sp³-hybridized carbons (Fsp3) is 0.353. The molecule has 112 valence electrons. The molecule has 0 spiro atoms. The van der Waals surface area contributed by atoms with Gasteiger partial charge in [-0.2, -0.15) is 0 Å². The Labute approximate surface area is 133 Å². The van der Waals surface area contributed by atoms with Gasteiger partial charge in [0.2, 0.25) is 0 Å². The van der Waals surface area contributed by atoms with E-state index in [9.17, 15) is 10.2 Å². The average Bonchev–Trinajstić information content (AvgIpc) is 2.43. The first-order chi connectivity index (χ1) is 9.84. The van der Waals surface area contributed by atoms with Crippen LogP contribution in [0.3, 0.4) is 0 Å². The van der Waals surface area contributed by atoms with Crippen molar-refractivity contribution in [2.45, 2.75) is 26.8 Å². The lowest BCUT2D eigenvalue weighted by Crippen LogP contribution is -2.28. The molecule has 2 N–H and O–H groups in total. The number of benzene rings is 2. The van der Waals surface area contributed by atoms with Crippen molar-refractivity contribution in [3.05, 3.63) is 40.4 Å². The summed E-state index contributed by atoms with van der Waals surface area (Å²) in [6.45, 7) is 6.07. The third-order valence-electron chi connectivity index (χ3n) is 3.56. The normalized spacial score (nSPS) is 14.0. The number of rotatable bonds is 3. The van der Waals surface area contributed by atoms with Gasteiger partial charge in [0, 0.05) is 11.8 Å². The number of hydrogen-bond donors (Lipinski definition) is 2. The summed E-state index contributed by atoms with van der Waals surface area (Å²) in [6, 6.07) is 9.52. The lowest BCUT2D eigenvalue weighted by atomic mass is 9.88. The molecule has 4 heteroatoms. The monoisotopic (exact) mass is 349 g/mol. The summed E-state index contributed by atoms with van der Waals surface area (Å²) >= 11 is 3.43. The first-order valence-corrected chi connectivity index (χ1v) is 7.68. The highest BCUT2D eigenvalue weighted by Gasteiger charge is 2.22. The van der Waals surface area contributed by atoms with E-state index in [0.717, 1.165) is 10.8 Å². The van der Waals surface area contributed by atoms with Gasteiger partial charge in [-0.05, 0) is 38.2 Å². The minimum atomic E-state index is -0.206. The molecule has 2 rings (SSSR count). The zero-order valence-corrected chi connectivity index (χ0v) is 14.1. The average molecular weight is 350 g/mol. The number of aromatic hydroxyl groups is 1. The number of aliphatic hydroxyl groups is 1. The van der Waals surface area contributed by atoms with Crippen molar-refractivity contribution in [2.75, 3.05) is 6.61 Å². The Balaban J connectivity index is 2.45. The second kappa shape index (κ2) is 6.16. The van der Waals surface area contributed by atoms with Crippen molar-refractivity contribution in [1.82, 2.24) is 0 Å². The molecule has 0 aliphatic heterocycles. The van der Waals surface area contributed by atoms with Crippen molar-refractivity contribution in [1.29, 1.82) is 0 Å². The van der Waals surface area contributed by atoms with Crippen molar-refractivity contribution >= 4 is 32.9 Å². The van der Waals surface area contributed by atoms with E-state index in [-0.39, 0.29) is 23.8 Å². The Kier molecular flexibility index (Phi) is 4.69. The number of fused-ring (bicyclic) bond motifs is 1. The molecule has 0 aliphatic carbocycles. The summed E-state index contributed by atoms with van der Waals surface area (Å²) in [5, 5.41) is 21.7. The zero-order valence-electron chi connectivity index (χ0n) is 12.5. The molecule has 0 amide bonds. The number of nitrogens with zero attached hydrogens (tertiary/aromatic N) is 1. The summed E-state index contributed by atoms with van der Waals surface area (Å²) in [4.78, 5) is 4.44. The number of phenols is 1. The summed E-state index contributed by atoms with van der Waals surface area (Å²) in [5.41, 5.74) is 0.512. The van der Waals surface area contributed by atoms with Crippen LogP contribution in [-0.2, 0) is 0 Å². The van der Waals surface area contributed by atoms with Crippen LogP contribution in [0.25, 0.3) is 10.8 Å². The van der Waals surface area contributed by atoms with Gasteiger partial charge in [-0.15, -0.1) is 0 Å². The van der Waals surface area contributed by atoms with E-state index >= 15 is 0 Å². The van der Waals surface area contributed by atoms with Gasteiger partial charge >= 0.3 is 0 Å². The van der Waals surface area contributed by atoms with E-state index in [1.165, 1.54) is 0 Å². The number of aliphatic imine (C=N–C) groups is 1. The van der Waals surface area contributed by atoms with Crippen LogP contribution in [0.1, 0.15) is 26.3 Å². The molecule has 2 aromatic carbocycles. The van der Waals surface area contributed by atoms with Crippen LogP contribution in [-0.4, -0.2) is 29.1 Å². The number of hydrogen-bond acceptors (Lipinski definition) is 3. The van der Waals surface area contributed by atoms with Crippen molar-refractivity contribution in [3.63, 3.8) is 0 Å². The Morgan fingerprint density at radius 3 is 2.57 bits per heavy atom. The van der Waals surface area contributed by atoms with Gasteiger partial charge < -0.3 is 10.2 Å². The highest BCUT2D eigenvalue weighted by Crippen LogP contribution is 2.35. The van der Waals surface area contributed by atoms with Crippen molar-refractivity contribution < 1.29 is 10.2 Å². The standard InChI is InChI=1S/C17H20BrNO2/c1-17(2,3)14(10-20)19-9-12-8-11-6-4-5-7-13(11)15(18)16(12)21/h4-9,14,20-21H,10H2,1-3H3/t14-/m1/s1. The lowest BCUT2D eigenvalue weighted by Gasteiger charge is -2.25. The maximum absolute atomic E-state index is 10.3. The third-order valence-corrected chi connectivity index (χ3v) is 4.36. The molecule has 0 fully saturated rings. The molecule has 0 bridgehead atoms. The fourth-order valence-electron chi connectivity index (χ4n) is 2.13. The highest BCUT2D eigenvalue weighted by atomic mass is 79.9. The van der Waals surface area contributed by atoms with Crippen LogP contribution in [0.2, 0.25) is 0 Å². The molecular weight excluding hydrogens is 330 g/mol. The van der Waals surface area contributed by atoms with Crippen LogP contribution >= 0.6 is 15.9 Å². The predicted molar refractivity (Wildman–Crippen MR) is 91.2 cm³/mol. The van der Waals surface area contributed by atoms with Gasteiger partial charge in [0.1, 0.15) is 5.75 Å². The van der Waals surface area contributed by atoms with Crippen molar-refractivity contribution in [2.24, 2.45) is 10.4 Å². The van der Waals surface area contributed by atoms with E-state index < -0.39 is 0 Å². The largest absolute Gasteiger partial charge is 0.506 e. The number of halogens is 1. The lowest BCUT2D eigenvalue weighted by molar-refractivity contribution is 0.191. The smallest absolute Gasteiger partial charge is 0.139 e. The number of aliphatic hydroxyl groups excluding tert-OH is 1. The quantitative estimate of drug-likeness (QED) is 0.818. The molecule has 0 aliphatic rings. The molecule has 0 radical (unpaired) electrons. The Morgan fingerprint density at radius 1 is 1.29 bits per heavy atom. The second-order valence-corrected chi connectivity index (χ2v) is 6.99. The zero-order chi connectivity index (χ0) is 15.6. The maximum atomic E-state index is 10.3. The van der Waals surface area contributed by atoms with E-state index in [2.05, 4.69) is 20.9 Å². The van der Waals surface area contributed by atoms with Gasteiger partial charge in [-0.3, -0.25) is 4.99 Å². The molecule has 0 heterocycles. The van der Waals surface area contributed by atoms with Gasteiger partial charge in [0.25, 0.3) is 0 Å². The van der Waals surface area contributed by atoms with E-state index in [1.807, 2.05) is 51.1 Å². The Hall–Kier alpha value is -1.39. The van der Waals surface area contributed by atoms with Crippen LogP contribution in [0, 0.1) is 5.41 Å². The van der Waals surface area contributed by atoms with Gasteiger partial charge in [0.05, 0.1) is 17.1 Å². The van der Waals surface area contributed by atoms with Gasteiger partial charge in [-0.25, -0.2) is 0 Å². The maximum Gasteiger partial charge on any atom is 0.139 e. The molecule has 0 aromatic heterocycles. The van der Waals surface area contributed by atoms with Gasteiger partial charge in [0.15, 0.2) is 0 Å². The fourth-order valence-corrected chi connectivity index (χ4v) is 2.72. The predicted octanol–water partition coefficient (Wildman–Crippen LogP) is 4.13. The topological polar surface area (TPSA) is 52.8 Å². The second-order valence-electron chi connectivity index (χ2n) is 6.19. The van der Waals surface area contributed by atoms with Gasteiger partial charge in [-0.1, -0.05) is 45.0 Å². The Bertz CT molecular complexity index is 674. The van der Waals surface area contributed by atoms with Crippen LogP contribution in [0.4, 0.5) is 0 Å². The molecule has 1 atom stereocenters. The molecule has 0 unspecified atom stereocenters. The van der Waals surface area contributed by atoms with Crippen LogP contribution in [0.15, 0.2) is 39.8 Å². The molecule has 2 aromatic rings.